The van der Waals surface area contributed by atoms with Gasteiger partial charge in [0.15, 0.2) is 9.84 Å². The van der Waals surface area contributed by atoms with Crippen LogP contribution in [0.15, 0.2) is 66.6 Å². The third-order valence-corrected chi connectivity index (χ3v) is 10.3. The third kappa shape index (κ3) is 8.83. The van der Waals surface area contributed by atoms with Crippen LogP contribution in [0.2, 0.25) is 0 Å². The van der Waals surface area contributed by atoms with Gasteiger partial charge in [0.05, 0.1) is 18.2 Å². The Morgan fingerprint density at radius 2 is 1.87 bits per heavy atom. The van der Waals surface area contributed by atoms with E-state index in [1.165, 1.54) is 35.6 Å². The SMILES string of the molecule is Cn1cncc1CC(OCc1ccc(C(=O)N[C@@H](CC(C(C)(C)C)S(C)(=O)=O)C(=O)O)c(-c2ccc(F)cc2)c1)c1nccs1. The molecule has 0 fully saturated rings. The quantitative estimate of drug-likeness (QED) is 0.200. The number of ether oxygens (including phenoxy) is 1. The number of benzene rings is 2. The van der Waals surface area contributed by atoms with Crippen molar-refractivity contribution in [3.05, 3.63) is 94.2 Å². The number of hydrogen-bond donors (Lipinski definition) is 2. The topological polar surface area (TPSA) is 140 Å². The average Bonchev–Trinajstić information content (AvgIpc) is 3.64. The number of thiazole rings is 1. The second-order valence-electron chi connectivity index (χ2n) is 12.0. The fraction of sp³-hybridized carbons (Fsp3) is 0.375. The molecule has 0 spiro atoms. The molecule has 4 rings (SSSR count). The minimum absolute atomic E-state index is 0.148. The first-order valence-corrected chi connectivity index (χ1v) is 17.0. The molecule has 13 heteroatoms. The highest BCUT2D eigenvalue weighted by atomic mass is 32.2. The molecule has 0 aliphatic rings. The molecular formula is C32H37FN4O6S2. The van der Waals surface area contributed by atoms with Gasteiger partial charge in [-0.1, -0.05) is 39.0 Å². The van der Waals surface area contributed by atoms with Crippen LogP contribution in [0.25, 0.3) is 11.1 Å². The van der Waals surface area contributed by atoms with E-state index in [1.807, 2.05) is 17.0 Å². The maximum Gasteiger partial charge on any atom is 0.326 e. The Morgan fingerprint density at radius 1 is 1.16 bits per heavy atom. The van der Waals surface area contributed by atoms with Gasteiger partial charge in [0.25, 0.3) is 5.91 Å². The molecule has 3 atom stereocenters. The predicted molar refractivity (Wildman–Crippen MR) is 170 cm³/mol. The lowest BCUT2D eigenvalue weighted by atomic mass is 9.87. The summed E-state index contributed by atoms with van der Waals surface area (Å²) in [7, 11) is -1.73. The summed E-state index contributed by atoms with van der Waals surface area (Å²) in [6.07, 6.45) is 6.13. The molecule has 0 bridgehead atoms. The van der Waals surface area contributed by atoms with Gasteiger partial charge in [0.2, 0.25) is 0 Å². The number of imidazole rings is 1. The highest BCUT2D eigenvalue weighted by Crippen LogP contribution is 2.31. The van der Waals surface area contributed by atoms with Crippen molar-refractivity contribution in [1.82, 2.24) is 19.9 Å². The molecule has 0 saturated carbocycles. The van der Waals surface area contributed by atoms with Gasteiger partial charge >= 0.3 is 5.97 Å². The lowest BCUT2D eigenvalue weighted by Gasteiger charge is -2.31. The average molecular weight is 657 g/mol. The number of nitrogens with zero attached hydrogens (tertiary/aromatic N) is 3. The van der Waals surface area contributed by atoms with Crippen molar-refractivity contribution >= 4 is 33.1 Å². The lowest BCUT2D eigenvalue weighted by Crippen LogP contribution is -2.47. The number of nitrogens with one attached hydrogen (secondary N) is 1. The number of carboxylic acid groups (broad SMARTS) is 1. The summed E-state index contributed by atoms with van der Waals surface area (Å²) in [6, 6.07) is 9.14. The molecule has 1 amide bonds. The van der Waals surface area contributed by atoms with Gasteiger partial charge in [-0.2, -0.15) is 0 Å². The van der Waals surface area contributed by atoms with E-state index >= 15 is 0 Å². The van der Waals surface area contributed by atoms with Gasteiger partial charge in [-0.15, -0.1) is 11.3 Å². The molecule has 4 aromatic rings. The van der Waals surface area contributed by atoms with Crippen molar-refractivity contribution in [3.8, 4) is 11.1 Å². The van der Waals surface area contributed by atoms with Crippen LogP contribution in [0.4, 0.5) is 4.39 Å². The van der Waals surface area contributed by atoms with Crippen molar-refractivity contribution in [3.63, 3.8) is 0 Å². The number of rotatable bonds is 13. The monoisotopic (exact) mass is 656 g/mol. The van der Waals surface area contributed by atoms with Gasteiger partial charge in [-0.3, -0.25) is 4.79 Å². The predicted octanol–water partition coefficient (Wildman–Crippen LogP) is 5.22. The zero-order valence-electron chi connectivity index (χ0n) is 25.7. The van der Waals surface area contributed by atoms with Crippen LogP contribution >= 0.6 is 11.3 Å². The van der Waals surface area contributed by atoms with E-state index in [1.54, 1.807) is 57.7 Å². The summed E-state index contributed by atoms with van der Waals surface area (Å²) in [6.45, 7) is 5.30. The molecule has 0 aliphatic carbocycles. The highest BCUT2D eigenvalue weighted by Gasteiger charge is 2.38. The first kappa shape index (κ1) is 33.9. The van der Waals surface area contributed by atoms with Crippen LogP contribution in [0.5, 0.6) is 0 Å². The van der Waals surface area contributed by atoms with Gasteiger partial charge < -0.3 is 19.7 Å². The van der Waals surface area contributed by atoms with E-state index < -0.39 is 44.2 Å². The normalized spacial score (nSPS) is 14.1. The number of aryl methyl sites for hydroxylation is 1. The molecule has 0 radical (unpaired) electrons. The van der Waals surface area contributed by atoms with E-state index in [2.05, 4.69) is 15.3 Å². The third-order valence-electron chi connectivity index (χ3n) is 7.51. The molecule has 2 N–H and O–H groups in total. The van der Waals surface area contributed by atoms with Crippen LogP contribution in [0.3, 0.4) is 0 Å². The van der Waals surface area contributed by atoms with Crippen molar-refractivity contribution in [2.24, 2.45) is 12.5 Å². The Labute approximate surface area is 266 Å². The van der Waals surface area contributed by atoms with Gasteiger partial charge in [0.1, 0.15) is 23.0 Å². The summed E-state index contributed by atoms with van der Waals surface area (Å²) in [5, 5.41) is 14.1. The maximum absolute atomic E-state index is 13.8. The van der Waals surface area contributed by atoms with Crippen molar-refractivity contribution in [1.29, 1.82) is 0 Å². The van der Waals surface area contributed by atoms with E-state index in [4.69, 9.17) is 4.74 Å². The number of carboxylic acids is 1. The number of carbonyl (C=O) groups is 2. The minimum atomic E-state index is -3.63. The number of halogens is 1. The standard InChI is InChI=1S/C32H37FN4O6S2/c1-32(2,3)28(45(5,41)42)16-26(31(39)40)36-29(38)24-11-6-20(14-25(24)21-7-9-22(33)10-8-21)18-43-27(30-35-12-13-44-30)15-23-17-34-19-37(23)4/h6-14,17,19,26-28H,15-16,18H2,1-5H3,(H,36,38)(H,39,40)/t26-,27?,28?/m0/s1. The Balaban J connectivity index is 1.63. The molecule has 45 heavy (non-hydrogen) atoms. The number of carbonyl (C=O) groups excluding carboxylic acids is 1. The molecule has 0 aliphatic heterocycles. The number of amides is 1. The summed E-state index contributed by atoms with van der Waals surface area (Å²) in [5.41, 5.74) is 2.04. The Bertz CT molecular complexity index is 1730. The first-order chi connectivity index (χ1) is 21.1. The molecule has 0 saturated heterocycles. The smallest absolute Gasteiger partial charge is 0.326 e. The summed E-state index contributed by atoms with van der Waals surface area (Å²) >= 11 is 1.48. The van der Waals surface area contributed by atoms with E-state index in [0.29, 0.717) is 17.5 Å². The Hall–Kier alpha value is -3.94. The molecule has 2 heterocycles. The van der Waals surface area contributed by atoms with E-state index in [0.717, 1.165) is 22.5 Å². The minimum Gasteiger partial charge on any atom is -0.480 e. The van der Waals surface area contributed by atoms with Crippen LogP contribution in [-0.4, -0.2) is 57.5 Å². The largest absolute Gasteiger partial charge is 0.480 e. The molecule has 10 nitrogen and oxygen atoms in total. The summed E-state index contributed by atoms with van der Waals surface area (Å²) in [5.74, 6) is -2.51. The van der Waals surface area contributed by atoms with Gasteiger partial charge in [-0.25, -0.2) is 27.6 Å². The zero-order chi connectivity index (χ0) is 32.9. The Kier molecular flexibility index (Phi) is 10.6. The first-order valence-electron chi connectivity index (χ1n) is 14.2. The fourth-order valence-electron chi connectivity index (χ4n) is 5.17. The second-order valence-corrected chi connectivity index (χ2v) is 15.2. The number of aliphatic carboxylic acids is 1. The second kappa shape index (κ2) is 14.0. The molecule has 2 unspecified atom stereocenters. The van der Waals surface area contributed by atoms with Crippen LogP contribution in [0.1, 0.15) is 59.9 Å². The van der Waals surface area contributed by atoms with E-state index in [9.17, 15) is 27.5 Å². The highest BCUT2D eigenvalue weighted by molar-refractivity contribution is 7.91. The number of sulfone groups is 1. The molecule has 2 aromatic heterocycles. The number of aromatic nitrogens is 3. The number of hydrogen-bond acceptors (Lipinski definition) is 8. The summed E-state index contributed by atoms with van der Waals surface area (Å²) in [4.78, 5) is 34.4. The van der Waals surface area contributed by atoms with Crippen molar-refractivity contribution < 1.29 is 32.2 Å². The fourth-order valence-corrected chi connectivity index (χ4v) is 7.68. The van der Waals surface area contributed by atoms with Crippen molar-refractivity contribution in [2.75, 3.05) is 6.26 Å². The molecule has 240 valence electrons. The summed E-state index contributed by atoms with van der Waals surface area (Å²) < 4.78 is 47.1. The zero-order valence-corrected chi connectivity index (χ0v) is 27.4. The lowest BCUT2D eigenvalue weighted by molar-refractivity contribution is -0.139. The molecular weight excluding hydrogens is 620 g/mol. The van der Waals surface area contributed by atoms with Gasteiger partial charge in [-0.05, 0) is 52.8 Å². The van der Waals surface area contributed by atoms with Gasteiger partial charge in [0, 0.05) is 48.8 Å². The maximum atomic E-state index is 13.8. The van der Waals surface area contributed by atoms with Crippen LogP contribution < -0.4 is 5.32 Å². The van der Waals surface area contributed by atoms with Crippen molar-refractivity contribution in [2.45, 2.75) is 57.6 Å². The van der Waals surface area contributed by atoms with E-state index in [-0.39, 0.29) is 24.7 Å². The Morgan fingerprint density at radius 3 is 2.42 bits per heavy atom. The molecule has 2 aromatic carbocycles. The van der Waals surface area contributed by atoms with Crippen LogP contribution in [-0.2, 0) is 39.4 Å². The van der Waals surface area contributed by atoms with Crippen LogP contribution in [0, 0.1) is 11.2 Å².